The molecule has 0 heterocycles. The monoisotopic (exact) mass is 478 g/mol. The van der Waals surface area contributed by atoms with Crippen molar-refractivity contribution in [2.45, 2.75) is 0 Å². The molecule has 0 unspecified atom stereocenters. The Bertz CT molecular complexity index is 932. The van der Waals surface area contributed by atoms with Crippen LogP contribution >= 0.6 is 28.1 Å². The first-order valence-electron chi connectivity index (χ1n) is 8.04. The molecule has 11 heteroatoms. The summed E-state index contributed by atoms with van der Waals surface area (Å²) in [5.41, 5.74) is 5.23. The molecule has 0 aliphatic carbocycles. The molecule has 0 atom stereocenters. The zero-order valence-electron chi connectivity index (χ0n) is 14.8. The number of ether oxygens (including phenoxy) is 1. The summed E-state index contributed by atoms with van der Waals surface area (Å²) in [6.45, 7) is -0.245. The van der Waals surface area contributed by atoms with E-state index in [1.54, 1.807) is 24.3 Å². The lowest BCUT2D eigenvalue weighted by molar-refractivity contribution is -0.384. The molecule has 0 radical (unpaired) electrons. The Morgan fingerprint density at radius 3 is 2.38 bits per heavy atom. The minimum atomic E-state index is -0.541. The van der Waals surface area contributed by atoms with Gasteiger partial charge < -0.3 is 4.74 Å². The van der Waals surface area contributed by atoms with Crippen LogP contribution in [0.1, 0.15) is 5.56 Å². The van der Waals surface area contributed by atoms with E-state index >= 15 is 0 Å². The van der Waals surface area contributed by atoms with Gasteiger partial charge in [0.15, 0.2) is 11.7 Å². The van der Waals surface area contributed by atoms with Gasteiger partial charge >= 0.3 is 0 Å². The Kier molecular flexibility index (Phi) is 8.25. The number of nitro benzene ring substituents is 1. The Morgan fingerprint density at radius 1 is 1.10 bits per heavy atom. The van der Waals surface area contributed by atoms with Crippen LogP contribution in [0.15, 0.2) is 59.1 Å². The SMILES string of the molecule is O=C(/C=C/c1ccc([N+](=O)[O-])cc1)NC(=S)NNC(=O)COc1ccc(Br)cc1. The number of halogens is 1. The van der Waals surface area contributed by atoms with E-state index in [1.807, 2.05) is 0 Å². The summed E-state index contributed by atoms with van der Waals surface area (Å²) in [5.74, 6) is -0.511. The van der Waals surface area contributed by atoms with Crippen LogP contribution < -0.4 is 20.9 Å². The maximum atomic E-state index is 11.8. The average molecular weight is 479 g/mol. The summed E-state index contributed by atoms with van der Waals surface area (Å²) in [4.78, 5) is 33.6. The van der Waals surface area contributed by atoms with Crippen molar-refractivity contribution in [1.82, 2.24) is 16.2 Å². The van der Waals surface area contributed by atoms with Gasteiger partial charge in [0, 0.05) is 22.7 Å². The second kappa shape index (κ2) is 10.9. The number of nitro groups is 1. The zero-order chi connectivity index (χ0) is 21.2. The van der Waals surface area contributed by atoms with Crippen LogP contribution in [-0.4, -0.2) is 28.5 Å². The fourth-order valence-electron chi connectivity index (χ4n) is 1.91. The highest BCUT2D eigenvalue weighted by atomic mass is 79.9. The van der Waals surface area contributed by atoms with E-state index in [9.17, 15) is 19.7 Å². The molecule has 0 aliphatic heterocycles. The van der Waals surface area contributed by atoms with Gasteiger partial charge in [0.25, 0.3) is 11.6 Å². The summed E-state index contributed by atoms with van der Waals surface area (Å²) >= 11 is 8.20. The van der Waals surface area contributed by atoms with E-state index in [2.05, 4.69) is 32.1 Å². The Morgan fingerprint density at radius 2 is 1.76 bits per heavy atom. The van der Waals surface area contributed by atoms with E-state index in [0.29, 0.717) is 11.3 Å². The molecule has 0 spiro atoms. The highest BCUT2D eigenvalue weighted by Crippen LogP contribution is 2.15. The van der Waals surface area contributed by atoms with Crippen molar-refractivity contribution in [3.05, 3.63) is 74.8 Å². The first-order valence-corrected chi connectivity index (χ1v) is 9.24. The van der Waals surface area contributed by atoms with Gasteiger partial charge in [-0.2, -0.15) is 0 Å². The third-order valence-corrected chi connectivity index (χ3v) is 4.00. The fourth-order valence-corrected chi connectivity index (χ4v) is 2.32. The first kappa shape index (κ1) is 22.0. The maximum absolute atomic E-state index is 11.8. The zero-order valence-corrected chi connectivity index (χ0v) is 17.2. The largest absolute Gasteiger partial charge is 0.484 e. The van der Waals surface area contributed by atoms with Gasteiger partial charge in [0.2, 0.25) is 5.91 Å². The lowest BCUT2D eigenvalue weighted by Crippen LogP contribution is -2.49. The van der Waals surface area contributed by atoms with Crippen molar-refractivity contribution in [2.24, 2.45) is 0 Å². The van der Waals surface area contributed by atoms with Crippen molar-refractivity contribution in [3.63, 3.8) is 0 Å². The molecule has 2 aromatic carbocycles. The molecule has 150 valence electrons. The van der Waals surface area contributed by atoms with Crippen molar-refractivity contribution in [3.8, 4) is 5.75 Å². The van der Waals surface area contributed by atoms with E-state index in [4.69, 9.17) is 17.0 Å². The number of nitrogens with one attached hydrogen (secondary N) is 3. The second-order valence-electron chi connectivity index (χ2n) is 5.42. The van der Waals surface area contributed by atoms with Gasteiger partial charge in [-0.25, -0.2) is 0 Å². The van der Waals surface area contributed by atoms with Crippen LogP contribution in [0.25, 0.3) is 6.08 Å². The maximum Gasteiger partial charge on any atom is 0.276 e. The van der Waals surface area contributed by atoms with Crippen LogP contribution in [0.4, 0.5) is 5.69 Å². The molecular weight excluding hydrogens is 464 g/mol. The molecular formula is C18H15BrN4O5S. The van der Waals surface area contributed by atoms with Crippen molar-refractivity contribution >= 4 is 56.8 Å². The lowest BCUT2D eigenvalue weighted by Gasteiger charge is -2.10. The number of hydrogen-bond acceptors (Lipinski definition) is 6. The third kappa shape index (κ3) is 8.07. The molecule has 0 bridgehead atoms. The average Bonchev–Trinajstić information content (AvgIpc) is 2.70. The van der Waals surface area contributed by atoms with Gasteiger partial charge in [-0.3, -0.25) is 35.9 Å². The molecule has 0 aromatic heterocycles. The van der Waals surface area contributed by atoms with E-state index < -0.39 is 16.7 Å². The predicted octanol–water partition coefficient (Wildman–Crippen LogP) is 2.47. The highest BCUT2D eigenvalue weighted by molar-refractivity contribution is 9.10. The Balaban J connectivity index is 1.70. The topological polar surface area (TPSA) is 123 Å². The number of thiocarbonyl (C=S) groups is 1. The number of hydrogen-bond donors (Lipinski definition) is 3. The molecule has 0 fully saturated rings. The third-order valence-electron chi connectivity index (χ3n) is 3.27. The van der Waals surface area contributed by atoms with Gasteiger partial charge in [-0.15, -0.1) is 0 Å². The summed E-state index contributed by atoms with van der Waals surface area (Å²) < 4.78 is 6.18. The van der Waals surface area contributed by atoms with Crippen LogP contribution in [0.3, 0.4) is 0 Å². The highest BCUT2D eigenvalue weighted by Gasteiger charge is 2.06. The number of non-ortho nitro benzene ring substituents is 1. The van der Waals surface area contributed by atoms with Gasteiger partial charge in [0.05, 0.1) is 4.92 Å². The van der Waals surface area contributed by atoms with Gasteiger partial charge in [-0.1, -0.05) is 15.9 Å². The van der Waals surface area contributed by atoms with Crippen LogP contribution in [0.2, 0.25) is 0 Å². The number of amides is 2. The number of carbonyl (C=O) groups is 2. The molecule has 0 aliphatic rings. The summed E-state index contributed by atoms with van der Waals surface area (Å²) in [5, 5.41) is 12.8. The van der Waals surface area contributed by atoms with Crippen molar-refractivity contribution in [2.75, 3.05) is 6.61 Å². The van der Waals surface area contributed by atoms with Gasteiger partial charge in [-0.05, 0) is 60.3 Å². The number of nitrogens with zero attached hydrogens (tertiary/aromatic N) is 1. The normalized spacial score (nSPS) is 10.2. The minimum absolute atomic E-state index is 0.0446. The predicted molar refractivity (Wildman–Crippen MR) is 114 cm³/mol. The van der Waals surface area contributed by atoms with E-state index in [-0.39, 0.29) is 17.4 Å². The molecule has 9 nitrogen and oxygen atoms in total. The molecule has 0 saturated heterocycles. The van der Waals surface area contributed by atoms with E-state index in [0.717, 1.165) is 4.47 Å². The quantitative estimate of drug-likeness (QED) is 0.252. The van der Waals surface area contributed by atoms with Crippen LogP contribution in [0.5, 0.6) is 5.75 Å². The minimum Gasteiger partial charge on any atom is -0.484 e. The van der Waals surface area contributed by atoms with Crippen LogP contribution in [-0.2, 0) is 9.59 Å². The number of benzene rings is 2. The summed E-state index contributed by atoms with van der Waals surface area (Å²) in [6.07, 6.45) is 2.67. The molecule has 3 N–H and O–H groups in total. The van der Waals surface area contributed by atoms with Crippen LogP contribution in [0, 0.1) is 10.1 Å². The Labute approximate surface area is 179 Å². The molecule has 2 aromatic rings. The molecule has 29 heavy (non-hydrogen) atoms. The van der Waals surface area contributed by atoms with Gasteiger partial charge in [0.1, 0.15) is 5.75 Å². The fraction of sp³-hybridized carbons (Fsp3) is 0.0556. The molecule has 0 saturated carbocycles. The standard InChI is InChI=1S/C18H15BrN4O5S/c19-13-4-8-15(9-5-13)28-11-17(25)21-22-18(29)20-16(24)10-3-12-1-6-14(7-2-12)23(26)27/h1-10H,11H2,(H,21,25)(H2,20,22,24,29)/b10-3+. The lowest BCUT2D eigenvalue weighted by atomic mass is 10.2. The smallest absolute Gasteiger partial charge is 0.276 e. The summed E-state index contributed by atoms with van der Waals surface area (Å²) in [7, 11) is 0. The molecule has 2 rings (SSSR count). The number of carbonyl (C=O) groups excluding carboxylic acids is 2. The van der Waals surface area contributed by atoms with Crippen molar-refractivity contribution < 1.29 is 19.2 Å². The number of rotatable bonds is 6. The Hall–Kier alpha value is -3.31. The van der Waals surface area contributed by atoms with Crippen molar-refractivity contribution in [1.29, 1.82) is 0 Å². The first-order chi connectivity index (χ1) is 13.8. The molecule has 2 amide bonds. The second-order valence-corrected chi connectivity index (χ2v) is 6.74. The summed E-state index contributed by atoms with van der Waals surface area (Å²) in [6, 6.07) is 12.6. The van der Waals surface area contributed by atoms with E-state index in [1.165, 1.54) is 36.4 Å². The number of hydrazine groups is 1.